The molecule has 116 valence electrons. The largest absolute Gasteiger partial charge is 0.395 e. The molecule has 5 nitrogen and oxygen atoms in total. The molecule has 1 aliphatic heterocycles. The fourth-order valence-electron chi connectivity index (χ4n) is 2.72. The standard InChI is InChI=1S/C15H22N2O3S/c1-2-16(8-9-18)14(19)12-5-3-7-17(11-12)15(20)13-6-4-10-21-13/h4,6,10,12,18H,2-3,5,7-9,11H2,1H3. The van der Waals surface area contributed by atoms with Crippen molar-refractivity contribution in [1.29, 1.82) is 0 Å². The van der Waals surface area contributed by atoms with Crippen molar-refractivity contribution >= 4 is 23.2 Å². The average Bonchev–Trinajstić information content (AvgIpc) is 3.05. The molecule has 0 radical (unpaired) electrons. The fourth-order valence-corrected chi connectivity index (χ4v) is 3.41. The number of amides is 2. The summed E-state index contributed by atoms with van der Waals surface area (Å²) in [7, 11) is 0. The second kappa shape index (κ2) is 7.56. The molecule has 1 fully saturated rings. The lowest BCUT2D eigenvalue weighted by molar-refractivity contribution is -0.137. The van der Waals surface area contributed by atoms with Crippen molar-refractivity contribution < 1.29 is 14.7 Å². The Kier molecular flexibility index (Phi) is 5.76. The first-order valence-electron chi connectivity index (χ1n) is 7.39. The number of likely N-dealkylation sites (N-methyl/N-ethyl adjacent to an activating group) is 1. The molecule has 2 amide bonds. The van der Waals surface area contributed by atoms with Gasteiger partial charge >= 0.3 is 0 Å². The first kappa shape index (κ1) is 16.0. The number of carbonyl (C=O) groups is 2. The van der Waals surface area contributed by atoms with Crippen LogP contribution < -0.4 is 0 Å². The number of rotatable bonds is 5. The molecule has 1 aromatic heterocycles. The maximum atomic E-state index is 12.5. The van der Waals surface area contributed by atoms with Gasteiger partial charge in [0.25, 0.3) is 5.91 Å². The molecule has 1 atom stereocenters. The predicted octanol–water partition coefficient (Wildman–Crippen LogP) is 1.44. The number of thiophene rings is 1. The summed E-state index contributed by atoms with van der Waals surface area (Å²) < 4.78 is 0. The molecule has 1 aromatic rings. The Bertz CT molecular complexity index is 475. The first-order chi connectivity index (χ1) is 10.2. The van der Waals surface area contributed by atoms with Crippen LogP contribution in [0.3, 0.4) is 0 Å². The van der Waals surface area contributed by atoms with Crippen molar-refractivity contribution in [3.05, 3.63) is 22.4 Å². The van der Waals surface area contributed by atoms with E-state index in [9.17, 15) is 9.59 Å². The summed E-state index contributed by atoms with van der Waals surface area (Å²) in [6, 6.07) is 3.69. The zero-order chi connectivity index (χ0) is 15.2. The van der Waals surface area contributed by atoms with Crippen molar-refractivity contribution in [1.82, 2.24) is 9.80 Å². The number of aliphatic hydroxyl groups is 1. The first-order valence-corrected chi connectivity index (χ1v) is 8.27. The van der Waals surface area contributed by atoms with Crippen LogP contribution in [0.15, 0.2) is 17.5 Å². The van der Waals surface area contributed by atoms with Crippen LogP contribution in [0.4, 0.5) is 0 Å². The number of piperidine rings is 1. The van der Waals surface area contributed by atoms with Crippen molar-refractivity contribution in [2.45, 2.75) is 19.8 Å². The Balaban J connectivity index is 2.00. The normalized spacial score (nSPS) is 18.6. The van der Waals surface area contributed by atoms with Gasteiger partial charge in [0.2, 0.25) is 5.91 Å². The van der Waals surface area contributed by atoms with Crippen LogP contribution in [0.2, 0.25) is 0 Å². The topological polar surface area (TPSA) is 60.9 Å². The van der Waals surface area contributed by atoms with Crippen LogP contribution in [-0.2, 0) is 4.79 Å². The second-order valence-electron chi connectivity index (χ2n) is 5.21. The van der Waals surface area contributed by atoms with Crippen LogP contribution in [0, 0.1) is 5.92 Å². The molecular weight excluding hydrogens is 288 g/mol. The molecule has 0 aliphatic carbocycles. The molecule has 1 aliphatic rings. The van der Waals surface area contributed by atoms with E-state index in [-0.39, 0.29) is 24.3 Å². The van der Waals surface area contributed by atoms with Gasteiger partial charge in [0.1, 0.15) is 0 Å². The van der Waals surface area contributed by atoms with E-state index in [0.717, 1.165) is 17.7 Å². The summed E-state index contributed by atoms with van der Waals surface area (Å²) in [6.07, 6.45) is 1.67. The molecule has 0 bridgehead atoms. The smallest absolute Gasteiger partial charge is 0.263 e. The van der Waals surface area contributed by atoms with E-state index in [4.69, 9.17) is 5.11 Å². The Labute approximate surface area is 129 Å². The summed E-state index contributed by atoms with van der Waals surface area (Å²) in [5.74, 6) is -0.0721. The third-order valence-electron chi connectivity index (χ3n) is 3.85. The zero-order valence-corrected chi connectivity index (χ0v) is 13.1. The van der Waals surface area contributed by atoms with Gasteiger partial charge in [0.15, 0.2) is 0 Å². The minimum Gasteiger partial charge on any atom is -0.395 e. The number of hydrogen-bond donors (Lipinski definition) is 1. The van der Waals surface area contributed by atoms with E-state index in [0.29, 0.717) is 26.2 Å². The predicted molar refractivity (Wildman–Crippen MR) is 82.3 cm³/mol. The van der Waals surface area contributed by atoms with Gasteiger partial charge in [0.05, 0.1) is 17.4 Å². The zero-order valence-electron chi connectivity index (χ0n) is 12.3. The minimum absolute atomic E-state index is 0.0210. The van der Waals surface area contributed by atoms with Gasteiger partial charge in [0, 0.05) is 26.2 Å². The highest BCUT2D eigenvalue weighted by molar-refractivity contribution is 7.12. The third kappa shape index (κ3) is 3.83. The molecule has 1 saturated heterocycles. The van der Waals surface area contributed by atoms with Gasteiger partial charge in [-0.25, -0.2) is 0 Å². The van der Waals surface area contributed by atoms with Crippen molar-refractivity contribution in [2.24, 2.45) is 5.92 Å². The van der Waals surface area contributed by atoms with Crippen molar-refractivity contribution in [3.8, 4) is 0 Å². The number of hydrogen-bond acceptors (Lipinski definition) is 4. The summed E-state index contributed by atoms with van der Waals surface area (Å²) in [4.78, 5) is 29.0. The quantitative estimate of drug-likeness (QED) is 0.895. The minimum atomic E-state index is -0.144. The van der Waals surface area contributed by atoms with E-state index >= 15 is 0 Å². The van der Waals surface area contributed by atoms with Crippen LogP contribution in [0.5, 0.6) is 0 Å². The average molecular weight is 310 g/mol. The van der Waals surface area contributed by atoms with E-state index in [2.05, 4.69) is 0 Å². The number of nitrogens with zero attached hydrogens (tertiary/aromatic N) is 2. The van der Waals surface area contributed by atoms with Gasteiger partial charge in [-0.05, 0) is 31.2 Å². The summed E-state index contributed by atoms with van der Waals surface area (Å²) >= 11 is 1.43. The third-order valence-corrected chi connectivity index (χ3v) is 4.71. The van der Waals surface area contributed by atoms with Gasteiger partial charge in [-0.1, -0.05) is 6.07 Å². The highest BCUT2D eigenvalue weighted by atomic mass is 32.1. The molecule has 1 N–H and O–H groups in total. The number of aliphatic hydroxyl groups excluding tert-OH is 1. The molecule has 1 unspecified atom stereocenters. The molecular formula is C15H22N2O3S. The molecule has 6 heteroatoms. The lowest BCUT2D eigenvalue weighted by atomic mass is 9.96. The Morgan fingerprint density at radius 1 is 1.52 bits per heavy atom. The van der Waals surface area contributed by atoms with Crippen LogP contribution >= 0.6 is 11.3 Å². The molecule has 2 heterocycles. The monoisotopic (exact) mass is 310 g/mol. The Hall–Kier alpha value is -1.40. The van der Waals surface area contributed by atoms with Crippen molar-refractivity contribution in [2.75, 3.05) is 32.8 Å². The van der Waals surface area contributed by atoms with Gasteiger partial charge in [-0.15, -0.1) is 11.3 Å². The summed E-state index contributed by atoms with van der Waals surface area (Å²) in [6.45, 7) is 4.04. The van der Waals surface area contributed by atoms with E-state index in [1.165, 1.54) is 11.3 Å². The van der Waals surface area contributed by atoms with Crippen LogP contribution in [0.25, 0.3) is 0 Å². The Morgan fingerprint density at radius 3 is 2.95 bits per heavy atom. The highest BCUT2D eigenvalue weighted by Gasteiger charge is 2.31. The maximum absolute atomic E-state index is 12.5. The summed E-state index contributed by atoms with van der Waals surface area (Å²) in [5.41, 5.74) is 0. The SMILES string of the molecule is CCN(CCO)C(=O)C1CCCN(C(=O)c2cccs2)C1. The molecule has 0 spiro atoms. The van der Waals surface area contributed by atoms with Crippen molar-refractivity contribution in [3.63, 3.8) is 0 Å². The molecule has 21 heavy (non-hydrogen) atoms. The maximum Gasteiger partial charge on any atom is 0.263 e. The van der Waals surface area contributed by atoms with Gasteiger partial charge in [-0.2, -0.15) is 0 Å². The van der Waals surface area contributed by atoms with Gasteiger partial charge < -0.3 is 14.9 Å². The van der Waals surface area contributed by atoms with E-state index in [1.807, 2.05) is 24.4 Å². The lowest BCUT2D eigenvalue weighted by Crippen LogP contribution is -2.47. The summed E-state index contributed by atoms with van der Waals surface area (Å²) in [5, 5.41) is 10.9. The molecule has 0 saturated carbocycles. The van der Waals surface area contributed by atoms with Crippen LogP contribution in [-0.4, -0.2) is 59.5 Å². The molecule has 0 aromatic carbocycles. The fraction of sp³-hybridized carbons (Fsp3) is 0.600. The van der Waals surface area contributed by atoms with Gasteiger partial charge in [-0.3, -0.25) is 9.59 Å². The second-order valence-corrected chi connectivity index (χ2v) is 6.16. The highest BCUT2D eigenvalue weighted by Crippen LogP contribution is 2.22. The lowest BCUT2D eigenvalue weighted by Gasteiger charge is -2.34. The van der Waals surface area contributed by atoms with E-state index < -0.39 is 0 Å². The van der Waals surface area contributed by atoms with E-state index in [1.54, 1.807) is 9.80 Å². The Morgan fingerprint density at radius 2 is 2.33 bits per heavy atom. The number of carbonyl (C=O) groups excluding carboxylic acids is 2. The molecule has 2 rings (SSSR count). The number of likely N-dealkylation sites (tertiary alicyclic amines) is 1. The van der Waals surface area contributed by atoms with Crippen LogP contribution in [0.1, 0.15) is 29.4 Å².